The van der Waals surface area contributed by atoms with Gasteiger partial charge in [-0.2, -0.15) is 0 Å². The zero-order valence-corrected chi connectivity index (χ0v) is 18.7. The van der Waals surface area contributed by atoms with E-state index in [0.717, 1.165) is 24.0 Å². The Labute approximate surface area is 183 Å². The Morgan fingerprint density at radius 3 is 2.13 bits per heavy atom. The first-order valence-corrected chi connectivity index (χ1v) is 11.1. The van der Waals surface area contributed by atoms with Crippen LogP contribution in [0.25, 0.3) is 0 Å². The standard InChI is InChI=1S/C24H34N2O5/c1-22(2,3)31-19(27)18(15-25)12-23(10-6-7-11-23)20(28)26-24(21(29)30)13-16-8-4-5-9-17(16)14-24/h4-5,8-9,18H,6-7,10-15,25H2,1-3H3,(H,26,28)(H,29,30)/t18-/m0/s1. The van der Waals surface area contributed by atoms with Gasteiger partial charge in [0.15, 0.2) is 0 Å². The number of hydrogen-bond acceptors (Lipinski definition) is 5. The molecule has 1 aromatic rings. The minimum atomic E-state index is -1.36. The van der Waals surface area contributed by atoms with Gasteiger partial charge in [-0.1, -0.05) is 37.1 Å². The predicted molar refractivity (Wildman–Crippen MR) is 116 cm³/mol. The summed E-state index contributed by atoms with van der Waals surface area (Å²) >= 11 is 0. The number of aliphatic carboxylic acids is 1. The molecule has 7 nitrogen and oxygen atoms in total. The van der Waals surface area contributed by atoms with Crippen molar-refractivity contribution in [1.82, 2.24) is 5.32 Å². The minimum Gasteiger partial charge on any atom is -0.479 e. The van der Waals surface area contributed by atoms with Crippen molar-refractivity contribution in [2.24, 2.45) is 17.1 Å². The maximum absolute atomic E-state index is 13.6. The lowest BCUT2D eigenvalue weighted by Gasteiger charge is -2.35. The molecule has 0 radical (unpaired) electrons. The first kappa shape index (κ1) is 23.3. The van der Waals surface area contributed by atoms with Crippen LogP contribution < -0.4 is 11.1 Å². The van der Waals surface area contributed by atoms with Gasteiger partial charge >= 0.3 is 11.9 Å². The Kier molecular flexibility index (Phi) is 6.46. The Bertz CT molecular complexity index is 827. The molecular weight excluding hydrogens is 396 g/mol. The third-order valence-electron chi connectivity index (χ3n) is 6.57. The number of benzene rings is 1. The second-order valence-electron chi connectivity index (χ2n) is 10.1. The molecule has 0 bridgehead atoms. The quantitative estimate of drug-likeness (QED) is 0.572. The monoisotopic (exact) mass is 430 g/mol. The number of hydrogen-bond donors (Lipinski definition) is 3. The fourth-order valence-electron chi connectivity index (χ4n) is 4.95. The van der Waals surface area contributed by atoms with Crippen LogP contribution in [0.2, 0.25) is 0 Å². The van der Waals surface area contributed by atoms with Crippen molar-refractivity contribution < 1.29 is 24.2 Å². The summed E-state index contributed by atoms with van der Waals surface area (Å²) in [7, 11) is 0. The molecule has 0 aromatic heterocycles. The van der Waals surface area contributed by atoms with E-state index in [1.807, 2.05) is 24.3 Å². The summed E-state index contributed by atoms with van der Waals surface area (Å²) in [5.41, 5.74) is 4.98. The molecule has 7 heteroatoms. The maximum atomic E-state index is 13.6. The van der Waals surface area contributed by atoms with Crippen LogP contribution >= 0.6 is 0 Å². The summed E-state index contributed by atoms with van der Waals surface area (Å²) < 4.78 is 5.51. The molecule has 0 saturated heterocycles. The molecule has 3 rings (SSSR count). The van der Waals surface area contributed by atoms with E-state index in [-0.39, 0.29) is 31.7 Å². The number of nitrogens with one attached hydrogen (secondary N) is 1. The van der Waals surface area contributed by atoms with Crippen LogP contribution in [-0.2, 0) is 32.0 Å². The van der Waals surface area contributed by atoms with Gasteiger partial charge in [-0.15, -0.1) is 0 Å². The normalized spacial score (nSPS) is 20.0. The molecule has 0 aliphatic heterocycles. The highest BCUT2D eigenvalue weighted by atomic mass is 16.6. The van der Waals surface area contributed by atoms with E-state index in [1.165, 1.54) is 0 Å². The van der Waals surface area contributed by atoms with Crippen LogP contribution in [0.3, 0.4) is 0 Å². The highest BCUT2D eigenvalue weighted by Crippen LogP contribution is 2.45. The molecule has 1 fully saturated rings. The lowest BCUT2D eigenvalue weighted by Crippen LogP contribution is -2.59. The summed E-state index contributed by atoms with van der Waals surface area (Å²) in [6.07, 6.45) is 3.73. The van der Waals surface area contributed by atoms with Crippen LogP contribution in [-0.4, -0.2) is 40.6 Å². The van der Waals surface area contributed by atoms with Gasteiger partial charge in [-0.25, -0.2) is 4.79 Å². The molecule has 4 N–H and O–H groups in total. The lowest BCUT2D eigenvalue weighted by molar-refractivity contribution is -0.161. The number of carboxylic acid groups (broad SMARTS) is 1. The van der Waals surface area contributed by atoms with E-state index in [2.05, 4.69) is 5.32 Å². The molecule has 1 amide bonds. The zero-order valence-electron chi connectivity index (χ0n) is 18.7. The Hall–Kier alpha value is -2.41. The fourth-order valence-corrected chi connectivity index (χ4v) is 4.95. The first-order chi connectivity index (χ1) is 14.5. The minimum absolute atomic E-state index is 0.0828. The summed E-state index contributed by atoms with van der Waals surface area (Å²) in [5.74, 6) is -2.34. The van der Waals surface area contributed by atoms with Crippen molar-refractivity contribution in [3.8, 4) is 0 Å². The van der Waals surface area contributed by atoms with Gasteiger partial charge in [0.05, 0.1) is 11.3 Å². The van der Waals surface area contributed by atoms with E-state index in [1.54, 1.807) is 20.8 Å². The van der Waals surface area contributed by atoms with E-state index in [0.29, 0.717) is 12.8 Å². The van der Waals surface area contributed by atoms with E-state index >= 15 is 0 Å². The van der Waals surface area contributed by atoms with Crippen molar-refractivity contribution in [2.75, 3.05) is 6.54 Å². The van der Waals surface area contributed by atoms with Crippen LogP contribution in [0.5, 0.6) is 0 Å². The summed E-state index contributed by atoms with van der Waals surface area (Å²) in [4.78, 5) is 38.5. The van der Waals surface area contributed by atoms with Gasteiger partial charge in [-0.3, -0.25) is 9.59 Å². The number of amides is 1. The maximum Gasteiger partial charge on any atom is 0.330 e. The molecule has 31 heavy (non-hydrogen) atoms. The van der Waals surface area contributed by atoms with Gasteiger partial charge in [0.2, 0.25) is 5.91 Å². The fraction of sp³-hybridized carbons (Fsp3) is 0.625. The van der Waals surface area contributed by atoms with Gasteiger partial charge in [0.1, 0.15) is 11.1 Å². The molecular formula is C24H34N2O5. The van der Waals surface area contributed by atoms with Crippen LogP contribution in [0.1, 0.15) is 64.0 Å². The zero-order chi connectivity index (χ0) is 22.9. The molecule has 1 aromatic carbocycles. The molecule has 2 aliphatic carbocycles. The number of carbonyl (C=O) groups is 3. The number of carbonyl (C=O) groups excluding carboxylic acids is 2. The highest BCUT2D eigenvalue weighted by Gasteiger charge is 2.51. The van der Waals surface area contributed by atoms with Crippen molar-refractivity contribution in [2.45, 2.75) is 76.9 Å². The number of ether oxygens (including phenoxy) is 1. The van der Waals surface area contributed by atoms with E-state index < -0.39 is 34.4 Å². The van der Waals surface area contributed by atoms with Gasteiger partial charge in [-0.05, 0) is 51.2 Å². The summed E-state index contributed by atoms with van der Waals surface area (Å²) in [6.45, 7) is 5.47. The summed E-state index contributed by atoms with van der Waals surface area (Å²) in [5, 5.41) is 13.0. The van der Waals surface area contributed by atoms with Gasteiger partial charge < -0.3 is 20.9 Å². The number of nitrogens with two attached hydrogens (primary N) is 1. The van der Waals surface area contributed by atoms with Gasteiger partial charge in [0, 0.05) is 19.4 Å². The Morgan fingerprint density at radius 2 is 1.68 bits per heavy atom. The number of carboxylic acids is 1. The molecule has 1 saturated carbocycles. The van der Waals surface area contributed by atoms with Crippen molar-refractivity contribution in [3.05, 3.63) is 35.4 Å². The Balaban J connectivity index is 1.81. The smallest absolute Gasteiger partial charge is 0.330 e. The molecule has 0 unspecified atom stereocenters. The largest absolute Gasteiger partial charge is 0.479 e. The second kappa shape index (κ2) is 8.61. The average Bonchev–Trinajstić information content (AvgIpc) is 3.30. The first-order valence-electron chi connectivity index (χ1n) is 11.1. The molecule has 170 valence electrons. The van der Waals surface area contributed by atoms with Crippen molar-refractivity contribution in [1.29, 1.82) is 0 Å². The third kappa shape index (κ3) is 4.92. The second-order valence-corrected chi connectivity index (χ2v) is 10.1. The van der Waals surface area contributed by atoms with Crippen LogP contribution in [0, 0.1) is 11.3 Å². The molecule has 1 atom stereocenters. The number of esters is 1. The molecule has 0 heterocycles. The molecule has 2 aliphatic rings. The van der Waals surface area contributed by atoms with E-state index in [4.69, 9.17) is 10.5 Å². The number of rotatable bonds is 7. The van der Waals surface area contributed by atoms with Gasteiger partial charge in [0.25, 0.3) is 0 Å². The van der Waals surface area contributed by atoms with Crippen molar-refractivity contribution >= 4 is 17.8 Å². The Morgan fingerprint density at radius 1 is 1.13 bits per heavy atom. The molecule has 0 spiro atoms. The topological polar surface area (TPSA) is 119 Å². The SMILES string of the molecule is CC(C)(C)OC(=O)[C@H](CN)CC1(C(=O)NC2(C(=O)O)Cc3ccccc3C2)CCCC1. The van der Waals surface area contributed by atoms with Crippen molar-refractivity contribution in [3.63, 3.8) is 0 Å². The summed E-state index contributed by atoms with van der Waals surface area (Å²) in [6, 6.07) is 7.57. The van der Waals surface area contributed by atoms with E-state index in [9.17, 15) is 19.5 Å². The lowest BCUT2D eigenvalue weighted by atomic mass is 9.76. The average molecular weight is 431 g/mol. The van der Waals surface area contributed by atoms with Crippen LogP contribution in [0.15, 0.2) is 24.3 Å². The van der Waals surface area contributed by atoms with Crippen LogP contribution in [0.4, 0.5) is 0 Å². The highest BCUT2D eigenvalue weighted by molar-refractivity contribution is 5.91. The third-order valence-corrected chi connectivity index (χ3v) is 6.57. The number of fused-ring (bicyclic) bond motifs is 1. The predicted octanol–water partition coefficient (Wildman–Crippen LogP) is 2.59.